The Morgan fingerprint density at radius 3 is 1.16 bits per heavy atom. The summed E-state index contributed by atoms with van der Waals surface area (Å²) >= 11 is 0. The first-order valence-electron chi connectivity index (χ1n) is 17.8. The van der Waals surface area contributed by atoms with Crippen molar-refractivity contribution in [3.63, 3.8) is 0 Å². The lowest BCUT2D eigenvalue weighted by atomic mass is 9.96. The number of aromatic nitrogens is 4. The van der Waals surface area contributed by atoms with E-state index in [1.807, 2.05) is 152 Å². The molecule has 0 unspecified atom stereocenters. The molecule has 2 N–H and O–H groups in total. The number of hydrogen-bond acceptors (Lipinski definition) is 4. The minimum atomic E-state index is -4.79. The third-order valence-corrected chi connectivity index (χ3v) is 10.2. The number of benzene rings is 4. The van der Waals surface area contributed by atoms with Crippen molar-refractivity contribution in [1.82, 2.24) is 19.9 Å². The second-order valence-corrected chi connectivity index (χ2v) is 13.5. The monoisotopic (exact) mass is 722 g/mol. The number of halogens is 3. The van der Waals surface area contributed by atoms with Crippen molar-refractivity contribution in [1.29, 1.82) is 0 Å². The number of fused-ring (bicyclic) bond motifs is 8. The summed E-state index contributed by atoms with van der Waals surface area (Å²) < 4.78 is 45.3. The Bertz CT molecular complexity index is 2880. The van der Waals surface area contributed by atoms with Crippen LogP contribution in [0.15, 0.2) is 150 Å². The van der Waals surface area contributed by atoms with E-state index in [4.69, 9.17) is 9.97 Å². The fourth-order valence-corrected chi connectivity index (χ4v) is 7.62. The van der Waals surface area contributed by atoms with Gasteiger partial charge in [-0.05, 0) is 64.8 Å². The molecular weight excluding hydrogens is 694 g/mol. The maximum Gasteiger partial charge on any atom is 0.442 e. The van der Waals surface area contributed by atoms with Crippen LogP contribution >= 0.6 is 0 Å². The molecule has 0 atom stereocenters. The highest BCUT2D eigenvalue weighted by molar-refractivity contribution is 6.00. The molecule has 6 heterocycles. The third kappa shape index (κ3) is 5.43. The fraction of sp³-hybridized carbons (Fsp3) is 0.0435. The van der Waals surface area contributed by atoms with E-state index in [0.717, 1.165) is 38.9 Å². The van der Waals surface area contributed by atoms with Crippen LogP contribution in [0.3, 0.4) is 0 Å². The number of nitrogens with zero attached hydrogens (tertiary/aromatic N) is 4. The van der Waals surface area contributed by atoms with E-state index in [9.17, 15) is 0 Å². The Morgan fingerprint density at radius 2 is 0.782 bits per heavy atom. The van der Waals surface area contributed by atoms with Crippen molar-refractivity contribution in [3.8, 4) is 44.5 Å². The van der Waals surface area contributed by atoms with E-state index in [1.54, 1.807) is 0 Å². The van der Waals surface area contributed by atoms with Gasteiger partial charge in [-0.2, -0.15) is 13.2 Å². The standard InChI is InChI=1S/C46H29F3N6/c47-46(48,49)45(54-55-45)32-27-39-42(30-17-9-3-10-18-30)37-24-23-35(51-37)40(28-13-5-1-6-14-28)33-21-22-34(50-33)41(29-15-7-2-8-16-29)36-25-26-38(52-36)43(44(32)53-39)31-19-11-4-12-20-31/h1-27,50,53H. The predicted molar refractivity (Wildman–Crippen MR) is 213 cm³/mol. The molecule has 55 heavy (non-hydrogen) atoms. The summed E-state index contributed by atoms with van der Waals surface area (Å²) in [6.45, 7) is 0. The predicted octanol–water partition coefficient (Wildman–Crippen LogP) is 12.5. The highest BCUT2D eigenvalue weighted by Gasteiger charge is 2.66. The first-order valence-corrected chi connectivity index (χ1v) is 17.8. The van der Waals surface area contributed by atoms with Crippen molar-refractivity contribution < 1.29 is 13.2 Å². The molecule has 3 aliphatic rings. The lowest BCUT2D eigenvalue weighted by Gasteiger charge is -2.15. The summed E-state index contributed by atoms with van der Waals surface area (Å²) in [7, 11) is 0. The quantitative estimate of drug-likeness (QED) is 0.185. The van der Waals surface area contributed by atoms with Crippen molar-refractivity contribution >= 4 is 46.4 Å². The summed E-state index contributed by atoms with van der Waals surface area (Å²) in [5, 5.41) is 7.39. The van der Waals surface area contributed by atoms with Crippen LogP contribution in [0.2, 0.25) is 0 Å². The maximum absolute atomic E-state index is 15.1. The van der Waals surface area contributed by atoms with Crippen LogP contribution in [-0.4, -0.2) is 26.1 Å². The number of hydrogen-bond donors (Lipinski definition) is 2. The van der Waals surface area contributed by atoms with Gasteiger partial charge < -0.3 is 9.97 Å². The number of alkyl halides is 3. The average molecular weight is 723 g/mol. The van der Waals surface area contributed by atoms with Gasteiger partial charge in [0, 0.05) is 44.4 Å². The smallest absolute Gasteiger partial charge is 0.354 e. The van der Waals surface area contributed by atoms with Crippen molar-refractivity contribution in [2.45, 2.75) is 11.8 Å². The molecule has 4 aromatic carbocycles. The van der Waals surface area contributed by atoms with Crippen molar-refractivity contribution in [2.75, 3.05) is 0 Å². The molecule has 264 valence electrons. The molecule has 9 heteroatoms. The summed E-state index contributed by atoms with van der Waals surface area (Å²) in [5.74, 6) is 0. The van der Waals surface area contributed by atoms with Gasteiger partial charge in [-0.1, -0.05) is 121 Å². The molecule has 0 radical (unpaired) electrons. The van der Waals surface area contributed by atoms with Crippen LogP contribution in [0, 0.1) is 0 Å². The number of rotatable bonds is 5. The highest BCUT2D eigenvalue weighted by Crippen LogP contribution is 2.55. The van der Waals surface area contributed by atoms with E-state index < -0.39 is 11.8 Å². The van der Waals surface area contributed by atoms with E-state index in [0.29, 0.717) is 45.0 Å². The molecular formula is C46H29F3N6. The molecule has 0 saturated carbocycles. The van der Waals surface area contributed by atoms with Crippen molar-refractivity contribution in [3.05, 3.63) is 168 Å². The third-order valence-electron chi connectivity index (χ3n) is 10.2. The van der Waals surface area contributed by atoms with Gasteiger partial charge >= 0.3 is 11.8 Å². The topological polar surface area (TPSA) is 82.1 Å². The number of nitrogens with one attached hydrogen (secondary N) is 2. The molecule has 0 spiro atoms. The van der Waals surface area contributed by atoms with E-state index in [1.165, 1.54) is 6.07 Å². The van der Waals surface area contributed by atoms with E-state index >= 15 is 13.2 Å². The van der Waals surface area contributed by atoms with Gasteiger partial charge in [0.15, 0.2) is 0 Å². The van der Waals surface area contributed by atoms with Crippen LogP contribution < -0.4 is 0 Å². The Kier molecular flexibility index (Phi) is 7.38. The zero-order chi connectivity index (χ0) is 37.1. The molecule has 3 aromatic heterocycles. The lowest BCUT2D eigenvalue weighted by Crippen LogP contribution is -2.29. The Labute approximate surface area is 313 Å². The Morgan fingerprint density at radius 1 is 0.418 bits per heavy atom. The van der Waals surface area contributed by atoms with Gasteiger partial charge in [-0.15, -0.1) is 10.2 Å². The number of H-pyrrole nitrogens is 2. The highest BCUT2D eigenvalue weighted by atomic mass is 19.4. The summed E-state index contributed by atoms with van der Waals surface area (Å²) in [6, 6.07) is 44.5. The molecule has 0 saturated heterocycles. The van der Waals surface area contributed by atoms with Gasteiger partial charge in [0.05, 0.1) is 28.3 Å². The first-order chi connectivity index (χ1) is 26.9. The second kappa shape index (κ2) is 12.5. The van der Waals surface area contributed by atoms with Crippen LogP contribution in [0.1, 0.15) is 28.3 Å². The lowest BCUT2D eigenvalue weighted by molar-refractivity contribution is -0.165. The van der Waals surface area contributed by atoms with Crippen LogP contribution in [0.25, 0.3) is 90.9 Å². The fourth-order valence-electron chi connectivity index (χ4n) is 7.62. The Hall–Kier alpha value is -7.13. The SMILES string of the molecule is FC(F)(F)C1(c2cc3[nH]c2c(-c2ccccc2)c2nc(c(-c4ccccc4)c4ccc([nH]4)c(-c4ccccc4)c4nc(c3-c3ccccc3)C=C4)C=C2)N=N1. The van der Waals surface area contributed by atoms with Crippen molar-refractivity contribution in [2.24, 2.45) is 10.2 Å². The number of aromatic amines is 2. The summed E-state index contributed by atoms with van der Waals surface area (Å²) in [4.78, 5) is 17.6. The molecule has 0 fully saturated rings. The average Bonchev–Trinajstić information content (AvgIpc) is 3.62. The van der Waals surface area contributed by atoms with Crippen LogP contribution in [0.5, 0.6) is 0 Å². The molecule has 7 aromatic rings. The minimum absolute atomic E-state index is 0.111. The van der Waals surface area contributed by atoms with Crippen LogP contribution in [-0.2, 0) is 5.66 Å². The largest absolute Gasteiger partial charge is 0.442 e. The second-order valence-electron chi connectivity index (χ2n) is 13.5. The van der Waals surface area contributed by atoms with Crippen LogP contribution in [0.4, 0.5) is 13.2 Å². The van der Waals surface area contributed by atoms with Gasteiger partial charge in [0.1, 0.15) is 0 Å². The first kappa shape index (κ1) is 32.5. The molecule has 0 amide bonds. The van der Waals surface area contributed by atoms with Gasteiger partial charge in [0.25, 0.3) is 0 Å². The minimum Gasteiger partial charge on any atom is -0.354 e. The summed E-state index contributed by atoms with van der Waals surface area (Å²) in [6.07, 6.45) is 2.87. The van der Waals surface area contributed by atoms with Gasteiger partial charge in [-0.3, -0.25) is 0 Å². The molecule has 0 aliphatic carbocycles. The molecule has 10 rings (SSSR count). The van der Waals surface area contributed by atoms with E-state index in [-0.39, 0.29) is 11.1 Å². The van der Waals surface area contributed by atoms with E-state index in [2.05, 4.69) is 26.3 Å². The molecule has 3 aliphatic heterocycles. The zero-order valence-corrected chi connectivity index (χ0v) is 29.0. The maximum atomic E-state index is 15.1. The van der Waals surface area contributed by atoms with Gasteiger partial charge in [-0.25, -0.2) is 9.97 Å². The zero-order valence-electron chi connectivity index (χ0n) is 29.0. The Balaban J connectivity index is 1.45. The molecule has 8 bridgehead atoms. The summed E-state index contributed by atoms with van der Waals surface area (Å²) in [5.41, 5.74) is 8.10. The molecule has 6 nitrogen and oxygen atoms in total. The van der Waals surface area contributed by atoms with Gasteiger partial charge in [0.2, 0.25) is 0 Å². The normalized spacial score (nSPS) is 14.0.